The zero-order valence-electron chi connectivity index (χ0n) is 17.5. The standard InChI is InChI=1S/C20H30ClN5O3S2/c1-29-19(28)25-7-5-20(11-25)12-26(15-4-3-13(21)9-14(15)20)18(27)24-17-23-10-16(31-17)30-8-2-6-22/h3-4,9,16,18-19,27-28H,2,5-8,10-12,22H2,1H3,(H,23,24). The molecule has 5 N–H and O–H groups in total. The van der Waals surface area contributed by atoms with E-state index in [2.05, 4.69) is 10.3 Å². The van der Waals surface area contributed by atoms with Gasteiger partial charge in [-0.05, 0) is 48.9 Å². The quantitative estimate of drug-likeness (QED) is 0.319. The summed E-state index contributed by atoms with van der Waals surface area (Å²) in [5.41, 5.74) is 7.40. The maximum atomic E-state index is 11.1. The van der Waals surface area contributed by atoms with E-state index in [1.165, 1.54) is 7.11 Å². The molecule has 8 nitrogen and oxygen atoms in total. The smallest absolute Gasteiger partial charge is 0.215 e. The van der Waals surface area contributed by atoms with Crippen molar-refractivity contribution in [3.05, 3.63) is 28.8 Å². The first-order valence-corrected chi connectivity index (χ1v) is 12.8. The number of aliphatic hydroxyl groups is 2. The van der Waals surface area contributed by atoms with Crippen LogP contribution in [-0.2, 0) is 10.2 Å². The number of anilines is 1. The van der Waals surface area contributed by atoms with Crippen molar-refractivity contribution in [3.8, 4) is 0 Å². The van der Waals surface area contributed by atoms with Crippen molar-refractivity contribution in [1.82, 2.24) is 10.2 Å². The topological polar surface area (TPSA) is 107 Å². The minimum absolute atomic E-state index is 0.229. The Morgan fingerprint density at radius 3 is 3.06 bits per heavy atom. The SMILES string of the molecule is COC(O)N1CCC2(C1)CN(C(O)NC1=NCC(SCCCN)S1)c1ccc(Cl)cc12. The van der Waals surface area contributed by atoms with E-state index in [0.717, 1.165) is 41.6 Å². The number of fused-ring (bicyclic) bond motifs is 2. The van der Waals surface area contributed by atoms with E-state index >= 15 is 0 Å². The molecule has 1 spiro atoms. The van der Waals surface area contributed by atoms with Crippen LogP contribution >= 0.6 is 35.1 Å². The number of rotatable bonds is 8. The van der Waals surface area contributed by atoms with Crippen LogP contribution in [0.5, 0.6) is 0 Å². The van der Waals surface area contributed by atoms with Gasteiger partial charge in [0.05, 0.1) is 11.1 Å². The number of aliphatic hydroxyl groups excluding tert-OH is 2. The summed E-state index contributed by atoms with van der Waals surface area (Å²) in [6.45, 7) is 3.40. The van der Waals surface area contributed by atoms with Gasteiger partial charge in [0, 0.05) is 42.9 Å². The van der Waals surface area contributed by atoms with Gasteiger partial charge in [0.15, 0.2) is 5.17 Å². The molecular weight excluding hydrogens is 458 g/mol. The van der Waals surface area contributed by atoms with Crippen molar-refractivity contribution in [2.75, 3.05) is 50.5 Å². The van der Waals surface area contributed by atoms with Crippen LogP contribution in [0.2, 0.25) is 5.02 Å². The van der Waals surface area contributed by atoms with Crippen LogP contribution in [-0.4, -0.2) is 83.2 Å². The van der Waals surface area contributed by atoms with Crippen LogP contribution in [0.4, 0.5) is 5.69 Å². The van der Waals surface area contributed by atoms with Gasteiger partial charge in [-0.3, -0.25) is 9.89 Å². The van der Waals surface area contributed by atoms with Crippen molar-refractivity contribution in [3.63, 3.8) is 0 Å². The predicted octanol–water partition coefficient (Wildman–Crippen LogP) is 1.40. The van der Waals surface area contributed by atoms with Gasteiger partial charge in [0.25, 0.3) is 0 Å². The molecule has 3 heterocycles. The fourth-order valence-corrected chi connectivity index (χ4v) is 7.00. The number of amidine groups is 1. The summed E-state index contributed by atoms with van der Waals surface area (Å²) in [5.74, 6) is 1.02. The normalized spacial score (nSPS) is 27.6. The Hall–Kier alpha value is -0.720. The van der Waals surface area contributed by atoms with Crippen molar-refractivity contribution in [2.24, 2.45) is 10.7 Å². The number of thioether (sulfide) groups is 2. The lowest BCUT2D eigenvalue weighted by molar-refractivity contribution is -0.170. The second-order valence-electron chi connectivity index (χ2n) is 8.08. The van der Waals surface area contributed by atoms with E-state index in [-0.39, 0.29) is 5.41 Å². The molecule has 0 radical (unpaired) electrons. The van der Waals surface area contributed by atoms with E-state index in [1.807, 2.05) is 39.8 Å². The summed E-state index contributed by atoms with van der Waals surface area (Å²) in [6, 6.07) is 5.79. The molecule has 1 aromatic rings. The summed E-state index contributed by atoms with van der Waals surface area (Å²) in [6.07, 6.45) is 0.00759. The summed E-state index contributed by atoms with van der Waals surface area (Å²) in [5, 5.41) is 25.8. The molecule has 4 unspecified atom stereocenters. The lowest BCUT2D eigenvalue weighted by Crippen LogP contribution is -2.49. The van der Waals surface area contributed by atoms with Gasteiger partial charge >= 0.3 is 0 Å². The number of methoxy groups -OCH3 is 1. The highest BCUT2D eigenvalue weighted by Crippen LogP contribution is 2.48. The summed E-state index contributed by atoms with van der Waals surface area (Å²) in [7, 11) is 1.50. The Morgan fingerprint density at radius 2 is 2.29 bits per heavy atom. The molecule has 1 saturated heterocycles. The first kappa shape index (κ1) is 23.4. The summed E-state index contributed by atoms with van der Waals surface area (Å²) in [4.78, 5) is 8.44. The second kappa shape index (κ2) is 10.0. The third kappa shape index (κ3) is 4.96. The highest BCUT2D eigenvalue weighted by Gasteiger charge is 2.50. The Morgan fingerprint density at radius 1 is 1.45 bits per heavy atom. The van der Waals surface area contributed by atoms with Gasteiger partial charge in [-0.2, -0.15) is 0 Å². The molecule has 11 heteroatoms. The van der Waals surface area contributed by atoms with Crippen molar-refractivity contribution < 1.29 is 14.9 Å². The third-order valence-electron chi connectivity index (χ3n) is 6.05. The Bertz CT molecular complexity index is 819. The molecule has 0 saturated carbocycles. The van der Waals surface area contributed by atoms with Crippen LogP contribution in [0.15, 0.2) is 23.2 Å². The van der Waals surface area contributed by atoms with Gasteiger partial charge < -0.3 is 30.9 Å². The van der Waals surface area contributed by atoms with E-state index in [4.69, 9.17) is 22.1 Å². The summed E-state index contributed by atoms with van der Waals surface area (Å²) >= 11 is 9.85. The maximum absolute atomic E-state index is 11.1. The number of nitrogens with two attached hydrogens (primary N) is 1. The molecule has 1 aromatic carbocycles. The first-order valence-electron chi connectivity index (χ1n) is 10.4. The molecule has 0 amide bonds. The van der Waals surface area contributed by atoms with E-state index in [1.54, 1.807) is 11.8 Å². The van der Waals surface area contributed by atoms with Crippen molar-refractivity contribution in [2.45, 2.75) is 35.6 Å². The number of aliphatic imine (C=N–C) groups is 1. The minimum atomic E-state index is -0.933. The molecule has 0 aromatic heterocycles. The number of benzene rings is 1. The molecule has 0 aliphatic carbocycles. The molecule has 4 atom stereocenters. The van der Waals surface area contributed by atoms with Crippen LogP contribution in [0.1, 0.15) is 18.4 Å². The zero-order valence-corrected chi connectivity index (χ0v) is 19.9. The number of hydrogen-bond donors (Lipinski definition) is 4. The number of nitrogens with zero attached hydrogens (tertiary/aromatic N) is 3. The Labute approximate surface area is 196 Å². The van der Waals surface area contributed by atoms with Gasteiger partial charge in [0.1, 0.15) is 0 Å². The van der Waals surface area contributed by atoms with Crippen LogP contribution in [0.25, 0.3) is 0 Å². The fourth-order valence-electron chi connectivity index (χ4n) is 4.50. The number of hydrogen-bond acceptors (Lipinski definition) is 10. The van der Waals surface area contributed by atoms with Gasteiger partial charge in [-0.15, -0.1) is 11.8 Å². The van der Waals surface area contributed by atoms with Crippen molar-refractivity contribution >= 4 is 46.0 Å². The summed E-state index contributed by atoms with van der Waals surface area (Å²) < 4.78 is 5.47. The third-order valence-corrected chi connectivity index (χ3v) is 8.91. The first-order chi connectivity index (χ1) is 15.0. The average Bonchev–Trinajstić information content (AvgIpc) is 3.47. The minimum Gasteiger partial charge on any atom is -0.356 e. The number of halogens is 1. The Kier molecular flexibility index (Phi) is 7.60. The largest absolute Gasteiger partial charge is 0.356 e. The monoisotopic (exact) mass is 487 g/mol. The van der Waals surface area contributed by atoms with E-state index in [9.17, 15) is 10.2 Å². The van der Waals surface area contributed by atoms with E-state index in [0.29, 0.717) is 35.8 Å². The lowest BCUT2D eigenvalue weighted by Gasteiger charge is -2.30. The van der Waals surface area contributed by atoms with Gasteiger partial charge in [-0.25, -0.2) is 0 Å². The highest BCUT2D eigenvalue weighted by atomic mass is 35.5. The molecule has 1 fully saturated rings. The van der Waals surface area contributed by atoms with E-state index < -0.39 is 12.8 Å². The number of ether oxygens (including phenoxy) is 1. The number of likely N-dealkylation sites (tertiary alicyclic amines) is 1. The van der Waals surface area contributed by atoms with Crippen LogP contribution in [0.3, 0.4) is 0 Å². The van der Waals surface area contributed by atoms with Gasteiger partial charge in [-0.1, -0.05) is 23.4 Å². The molecule has 4 rings (SSSR count). The average molecular weight is 488 g/mol. The number of nitrogens with one attached hydrogen (secondary N) is 1. The zero-order chi connectivity index (χ0) is 22.0. The fraction of sp³-hybridized carbons (Fsp3) is 0.650. The second-order valence-corrected chi connectivity index (χ2v) is 11.3. The molecular formula is C20H30ClN5O3S2. The molecule has 3 aliphatic heterocycles. The molecule has 31 heavy (non-hydrogen) atoms. The maximum Gasteiger partial charge on any atom is 0.215 e. The predicted molar refractivity (Wildman–Crippen MR) is 129 cm³/mol. The molecule has 172 valence electrons. The van der Waals surface area contributed by atoms with Gasteiger partial charge in [0.2, 0.25) is 12.8 Å². The molecule has 3 aliphatic rings. The van der Waals surface area contributed by atoms with Crippen molar-refractivity contribution in [1.29, 1.82) is 0 Å². The lowest BCUT2D eigenvalue weighted by atomic mass is 9.81. The van der Waals surface area contributed by atoms with Crippen LogP contribution < -0.4 is 16.0 Å². The molecule has 0 bridgehead atoms. The van der Waals surface area contributed by atoms with Crippen LogP contribution in [0, 0.1) is 0 Å². The Balaban J connectivity index is 1.45. The highest BCUT2D eigenvalue weighted by molar-refractivity contribution is 8.25.